The van der Waals surface area contributed by atoms with Crippen LogP contribution in [0.5, 0.6) is 11.5 Å². The Morgan fingerprint density at radius 3 is 2.62 bits per heavy atom. The first kappa shape index (κ1) is 26.7. The maximum absolute atomic E-state index is 13.6. The number of phenolic OH excluding ortho intramolecular Hbond substituents is 1. The SMILES string of the molecule is Cc1cc(C)c(O)c(-c2n[nH]c3c2C(c2cccc(OCCC(C)C)c2)N(CCCOC(C)C)C3=O)c1. The molecule has 2 N–H and O–H groups in total. The molecule has 2 heterocycles. The molecule has 1 unspecified atom stereocenters. The van der Waals surface area contributed by atoms with Crippen molar-refractivity contribution in [2.75, 3.05) is 19.8 Å². The molecule has 0 bridgehead atoms. The second-order valence-corrected chi connectivity index (χ2v) is 10.6. The lowest BCUT2D eigenvalue weighted by Gasteiger charge is -2.27. The second-order valence-electron chi connectivity index (χ2n) is 10.6. The summed E-state index contributed by atoms with van der Waals surface area (Å²) in [5.41, 5.74) is 5.23. The van der Waals surface area contributed by atoms with Gasteiger partial charge in [-0.2, -0.15) is 5.10 Å². The summed E-state index contributed by atoms with van der Waals surface area (Å²) in [6, 6.07) is 11.5. The van der Waals surface area contributed by atoms with Gasteiger partial charge in [0.15, 0.2) is 0 Å². The summed E-state index contributed by atoms with van der Waals surface area (Å²) < 4.78 is 11.8. The summed E-state index contributed by atoms with van der Waals surface area (Å²) in [6.07, 6.45) is 1.82. The van der Waals surface area contributed by atoms with Crippen LogP contribution in [0.1, 0.15) is 79.3 Å². The van der Waals surface area contributed by atoms with Gasteiger partial charge in [0.2, 0.25) is 0 Å². The summed E-state index contributed by atoms with van der Waals surface area (Å²) >= 11 is 0. The van der Waals surface area contributed by atoms with E-state index in [1.54, 1.807) is 0 Å². The van der Waals surface area contributed by atoms with Crippen molar-refractivity contribution < 1.29 is 19.4 Å². The number of ether oxygens (including phenoxy) is 2. The minimum atomic E-state index is -0.357. The first-order chi connectivity index (χ1) is 17.7. The highest BCUT2D eigenvalue weighted by atomic mass is 16.5. The topological polar surface area (TPSA) is 87.7 Å². The molecule has 0 radical (unpaired) electrons. The number of hydrogen-bond acceptors (Lipinski definition) is 5. The number of phenols is 1. The first-order valence-electron chi connectivity index (χ1n) is 13.2. The molecular formula is C30H39N3O4. The molecule has 0 aliphatic carbocycles. The van der Waals surface area contributed by atoms with Crippen LogP contribution in [0, 0.1) is 19.8 Å². The Kier molecular flexibility index (Phi) is 8.22. The summed E-state index contributed by atoms with van der Waals surface area (Å²) in [5.74, 6) is 1.42. The lowest BCUT2D eigenvalue weighted by Crippen LogP contribution is -2.31. The zero-order valence-corrected chi connectivity index (χ0v) is 22.8. The number of aromatic nitrogens is 2. The van der Waals surface area contributed by atoms with Crippen LogP contribution in [0.25, 0.3) is 11.3 Å². The highest BCUT2D eigenvalue weighted by Gasteiger charge is 2.42. The van der Waals surface area contributed by atoms with Crippen LogP contribution in [-0.4, -0.2) is 52.0 Å². The van der Waals surface area contributed by atoms with Crippen molar-refractivity contribution in [3.8, 4) is 22.8 Å². The van der Waals surface area contributed by atoms with E-state index in [4.69, 9.17) is 9.47 Å². The molecular weight excluding hydrogens is 466 g/mol. The van der Waals surface area contributed by atoms with Gasteiger partial charge in [-0.3, -0.25) is 9.89 Å². The van der Waals surface area contributed by atoms with Gasteiger partial charge in [-0.15, -0.1) is 0 Å². The maximum Gasteiger partial charge on any atom is 0.273 e. The highest BCUT2D eigenvalue weighted by Crippen LogP contribution is 2.45. The minimum Gasteiger partial charge on any atom is -0.507 e. The smallest absolute Gasteiger partial charge is 0.273 e. The third-order valence-electron chi connectivity index (χ3n) is 6.70. The van der Waals surface area contributed by atoms with E-state index >= 15 is 0 Å². The van der Waals surface area contributed by atoms with E-state index in [-0.39, 0.29) is 23.8 Å². The van der Waals surface area contributed by atoms with Crippen molar-refractivity contribution in [1.82, 2.24) is 15.1 Å². The fraction of sp³-hybridized carbons (Fsp3) is 0.467. The number of carbonyl (C=O) groups excluding carboxylic acids is 1. The Balaban J connectivity index is 1.75. The maximum atomic E-state index is 13.6. The van der Waals surface area contributed by atoms with Crippen LogP contribution in [-0.2, 0) is 4.74 Å². The van der Waals surface area contributed by atoms with Gasteiger partial charge in [-0.1, -0.05) is 32.0 Å². The van der Waals surface area contributed by atoms with Crippen molar-refractivity contribution in [2.24, 2.45) is 5.92 Å². The van der Waals surface area contributed by atoms with Gasteiger partial charge < -0.3 is 19.5 Å². The Morgan fingerprint density at radius 1 is 1.11 bits per heavy atom. The van der Waals surface area contributed by atoms with Crippen LogP contribution in [0.3, 0.4) is 0 Å². The predicted octanol–water partition coefficient (Wildman–Crippen LogP) is 6.18. The Bertz CT molecular complexity index is 1250. The molecule has 4 rings (SSSR count). The van der Waals surface area contributed by atoms with Gasteiger partial charge >= 0.3 is 0 Å². The first-order valence-corrected chi connectivity index (χ1v) is 13.2. The van der Waals surface area contributed by atoms with E-state index in [0.717, 1.165) is 34.4 Å². The van der Waals surface area contributed by atoms with Crippen molar-refractivity contribution in [3.63, 3.8) is 0 Å². The number of nitrogens with one attached hydrogen (secondary N) is 1. The summed E-state index contributed by atoms with van der Waals surface area (Å²) in [6.45, 7) is 14.0. The van der Waals surface area contributed by atoms with E-state index < -0.39 is 0 Å². The van der Waals surface area contributed by atoms with E-state index in [0.29, 0.717) is 49.0 Å². The van der Waals surface area contributed by atoms with Crippen molar-refractivity contribution >= 4 is 5.91 Å². The van der Waals surface area contributed by atoms with Gasteiger partial charge in [0.05, 0.1) is 18.8 Å². The van der Waals surface area contributed by atoms with E-state index in [2.05, 4.69) is 24.0 Å². The third-order valence-corrected chi connectivity index (χ3v) is 6.70. The lowest BCUT2D eigenvalue weighted by atomic mass is 9.94. The zero-order chi connectivity index (χ0) is 26.7. The molecule has 7 heteroatoms. The van der Waals surface area contributed by atoms with E-state index in [9.17, 15) is 9.90 Å². The van der Waals surface area contributed by atoms with E-state index in [1.807, 2.05) is 69.0 Å². The molecule has 7 nitrogen and oxygen atoms in total. The third kappa shape index (κ3) is 5.82. The van der Waals surface area contributed by atoms with Crippen molar-refractivity contribution in [1.29, 1.82) is 0 Å². The number of aromatic amines is 1. The van der Waals surface area contributed by atoms with Crippen LogP contribution in [0.4, 0.5) is 0 Å². The lowest BCUT2D eigenvalue weighted by molar-refractivity contribution is 0.0601. The Hall–Kier alpha value is -3.32. The van der Waals surface area contributed by atoms with Gasteiger partial charge in [0.1, 0.15) is 22.9 Å². The van der Waals surface area contributed by atoms with Crippen LogP contribution >= 0.6 is 0 Å². The van der Waals surface area contributed by atoms with Crippen LogP contribution in [0.15, 0.2) is 36.4 Å². The molecule has 1 aliphatic heterocycles. The highest BCUT2D eigenvalue weighted by molar-refractivity contribution is 6.00. The molecule has 3 aromatic rings. The number of benzene rings is 2. The molecule has 0 spiro atoms. The molecule has 0 saturated carbocycles. The summed E-state index contributed by atoms with van der Waals surface area (Å²) in [5, 5.41) is 18.5. The molecule has 1 amide bonds. The monoisotopic (exact) mass is 505 g/mol. The standard InChI is InChI=1S/C30H39N3O4/c1-18(2)11-14-37-23-10-7-9-22(17-23)28-25-26(24-16-20(5)15-21(6)29(24)34)31-32-27(25)30(35)33(28)12-8-13-36-19(3)4/h7,9-10,15-19,28,34H,8,11-14H2,1-6H3,(H,31,32). The number of fused-ring (bicyclic) bond motifs is 1. The van der Waals surface area contributed by atoms with Gasteiger partial charge in [-0.25, -0.2) is 0 Å². The van der Waals surface area contributed by atoms with Gasteiger partial charge in [0.25, 0.3) is 5.91 Å². The fourth-order valence-corrected chi connectivity index (χ4v) is 4.86. The van der Waals surface area contributed by atoms with Gasteiger partial charge in [-0.05, 0) is 81.3 Å². The average Bonchev–Trinajstić information content (AvgIpc) is 3.38. The molecule has 1 aromatic heterocycles. The number of aryl methyl sites for hydroxylation is 2. The number of rotatable bonds is 11. The number of hydrogen-bond donors (Lipinski definition) is 2. The molecule has 37 heavy (non-hydrogen) atoms. The number of amides is 1. The zero-order valence-electron chi connectivity index (χ0n) is 22.8. The number of aromatic hydroxyl groups is 1. The van der Waals surface area contributed by atoms with E-state index in [1.165, 1.54) is 0 Å². The molecule has 1 aliphatic rings. The van der Waals surface area contributed by atoms with Gasteiger partial charge in [0, 0.05) is 24.3 Å². The van der Waals surface area contributed by atoms with Crippen LogP contribution in [0.2, 0.25) is 0 Å². The normalized spacial score (nSPS) is 15.2. The van der Waals surface area contributed by atoms with Crippen molar-refractivity contribution in [2.45, 2.75) is 66.5 Å². The molecule has 0 fully saturated rings. The average molecular weight is 506 g/mol. The molecule has 2 aromatic carbocycles. The summed E-state index contributed by atoms with van der Waals surface area (Å²) in [4.78, 5) is 15.5. The number of nitrogens with zero attached hydrogens (tertiary/aromatic N) is 2. The quantitative estimate of drug-likeness (QED) is 0.304. The molecule has 198 valence electrons. The Morgan fingerprint density at radius 2 is 1.89 bits per heavy atom. The van der Waals surface area contributed by atoms with Crippen molar-refractivity contribution in [3.05, 3.63) is 64.3 Å². The number of carbonyl (C=O) groups is 1. The molecule has 1 atom stereocenters. The number of H-pyrrole nitrogens is 1. The predicted molar refractivity (Wildman–Crippen MR) is 145 cm³/mol. The van der Waals surface area contributed by atoms with Crippen LogP contribution < -0.4 is 4.74 Å². The minimum absolute atomic E-state index is 0.0988. The largest absolute Gasteiger partial charge is 0.507 e. The Labute approximate surface area is 219 Å². The summed E-state index contributed by atoms with van der Waals surface area (Å²) in [7, 11) is 0. The molecule has 0 saturated heterocycles. The fourth-order valence-electron chi connectivity index (χ4n) is 4.86. The second kappa shape index (κ2) is 11.4.